The van der Waals surface area contributed by atoms with Crippen LogP contribution >= 0.6 is 0 Å². The first-order valence-electron chi connectivity index (χ1n) is 4.62. The van der Waals surface area contributed by atoms with Crippen LogP contribution in [0.15, 0.2) is 12.7 Å². The van der Waals surface area contributed by atoms with Gasteiger partial charge in [0.05, 0.1) is 0 Å². The first-order chi connectivity index (χ1) is 8.54. The van der Waals surface area contributed by atoms with E-state index in [-0.39, 0.29) is 6.08 Å². The zero-order valence-electron chi connectivity index (χ0n) is 9.01. The van der Waals surface area contributed by atoms with E-state index in [1.54, 1.807) is 0 Å². The van der Waals surface area contributed by atoms with E-state index in [4.69, 9.17) is 0 Å². The largest absolute Gasteiger partial charge is 0.435 e. The molecule has 2 nitrogen and oxygen atoms in total. The Morgan fingerprint density at radius 2 is 1.47 bits per heavy atom. The van der Waals surface area contributed by atoms with Crippen molar-refractivity contribution in [2.75, 3.05) is 0 Å². The lowest BCUT2D eigenvalue weighted by molar-refractivity contribution is -0.270. The normalized spacial score (nSPS) is 18.6. The standard InChI is InChI=1S/C9H8F8O2/c1-2-3(18)19-9(16,17)7(13)5(11)4(10)6(12)8(14)15/h2,4-8H,1H2. The molecule has 4 atom stereocenters. The number of carbonyl (C=O) groups is 1. The second-order valence-electron chi connectivity index (χ2n) is 3.26. The molecule has 0 fully saturated rings. The van der Waals surface area contributed by atoms with Crippen molar-refractivity contribution in [1.29, 1.82) is 0 Å². The molecule has 4 unspecified atom stereocenters. The highest BCUT2D eigenvalue weighted by Gasteiger charge is 2.54. The average molecular weight is 300 g/mol. The first-order valence-corrected chi connectivity index (χ1v) is 4.62. The highest BCUT2D eigenvalue weighted by Crippen LogP contribution is 2.32. The molecule has 0 aromatic heterocycles. The van der Waals surface area contributed by atoms with Crippen LogP contribution in [-0.4, -0.2) is 43.2 Å². The number of hydrogen-bond acceptors (Lipinski definition) is 2. The molecule has 0 aromatic rings. The van der Waals surface area contributed by atoms with Gasteiger partial charge in [-0.25, -0.2) is 31.1 Å². The maximum absolute atomic E-state index is 12.9. The van der Waals surface area contributed by atoms with Crippen LogP contribution in [0.3, 0.4) is 0 Å². The Morgan fingerprint density at radius 1 is 1.00 bits per heavy atom. The van der Waals surface area contributed by atoms with Crippen LogP contribution in [0.2, 0.25) is 0 Å². The van der Waals surface area contributed by atoms with Crippen molar-refractivity contribution >= 4 is 5.97 Å². The Hall–Kier alpha value is -1.35. The molecule has 0 saturated carbocycles. The number of ether oxygens (including phenoxy) is 1. The molecule has 112 valence electrons. The fraction of sp³-hybridized carbons (Fsp3) is 0.667. The third kappa shape index (κ3) is 4.67. The lowest BCUT2D eigenvalue weighted by Crippen LogP contribution is -2.48. The van der Waals surface area contributed by atoms with Gasteiger partial charge in [0.2, 0.25) is 6.17 Å². The topological polar surface area (TPSA) is 26.3 Å². The quantitative estimate of drug-likeness (QED) is 0.410. The third-order valence-electron chi connectivity index (χ3n) is 1.85. The molecule has 0 bridgehead atoms. The zero-order chi connectivity index (χ0) is 15.4. The summed E-state index contributed by atoms with van der Waals surface area (Å²) in [5, 5.41) is 0. The van der Waals surface area contributed by atoms with Crippen molar-refractivity contribution in [2.45, 2.75) is 37.2 Å². The van der Waals surface area contributed by atoms with Gasteiger partial charge in [-0.1, -0.05) is 6.58 Å². The summed E-state index contributed by atoms with van der Waals surface area (Å²) in [6, 6.07) is 0. The Morgan fingerprint density at radius 3 is 1.84 bits per heavy atom. The molecule has 0 amide bonds. The van der Waals surface area contributed by atoms with Gasteiger partial charge in [-0.15, -0.1) is 0 Å². The summed E-state index contributed by atoms with van der Waals surface area (Å²) in [4.78, 5) is 10.4. The minimum atomic E-state index is -5.16. The van der Waals surface area contributed by atoms with Crippen LogP contribution in [0.1, 0.15) is 0 Å². The van der Waals surface area contributed by atoms with Gasteiger partial charge < -0.3 is 4.74 Å². The molecule has 0 rings (SSSR count). The third-order valence-corrected chi connectivity index (χ3v) is 1.85. The van der Waals surface area contributed by atoms with Gasteiger partial charge in [0, 0.05) is 6.08 Å². The predicted octanol–water partition coefficient (Wildman–Crippen LogP) is 2.93. The highest BCUT2D eigenvalue weighted by atomic mass is 19.3. The van der Waals surface area contributed by atoms with Crippen molar-refractivity contribution in [1.82, 2.24) is 0 Å². The number of carbonyl (C=O) groups excluding carboxylic acids is 1. The molecule has 10 heteroatoms. The Balaban J connectivity index is 4.83. The Kier molecular flexibility index (Phi) is 6.23. The van der Waals surface area contributed by atoms with E-state index in [0.29, 0.717) is 0 Å². The number of alkyl halides is 8. The van der Waals surface area contributed by atoms with E-state index < -0.39 is 43.2 Å². The number of esters is 1. The molecule has 19 heavy (non-hydrogen) atoms. The van der Waals surface area contributed by atoms with E-state index in [1.807, 2.05) is 0 Å². The SMILES string of the molecule is C=CC(=O)OC(F)(F)C(F)C(F)C(F)C(F)C(F)F. The summed E-state index contributed by atoms with van der Waals surface area (Å²) in [6.45, 7) is 2.68. The molecule has 0 aliphatic carbocycles. The smallest absolute Gasteiger partial charge is 0.395 e. The first kappa shape index (κ1) is 17.6. The second kappa shape index (κ2) is 6.71. The van der Waals surface area contributed by atoms with Crippen LogP contribution in [0.5, 0.6) is 0 Å². The van der Waals surface area contributed by atoms with Crippen molar-refractivity contribution in [3.63, 3.8) is 0 Å². The van der Waals surface area contributed by atoms with E-state index in [0.717, 1.165) is 0 Å². The van der Waals surface area contributed by atoms with Crippen molar-refractivity contribution < 1.29 is 44.7 Å². The van der Waals surface area contributed by atoms with Crippen LogP contribution in [0.4, 0.5) is 35.1 Å². The zero-order valence-corrected chi connectivity index (χ0v) is 9.01. The lowest BCUT2D eigenvalue weighted by atomic mass is 10.1. The fourth-order valence-electron chi connectivity index (χ4n) is 0.893. The molecule has 0 heterocycles. The molecule has 0 aromatic carbocycles. The average Bonchev–Trinajstić information content (AvgIpc) is 2.34. The number of halogens is 8. The molecule has 0 saturated heterocycles. The minimum absolute atomic E-state index is 0.178. The van der Waals surface area contributed by atoms with Crippen molar-refractivity contribution in [3.8, 4) is 0 Å². The highest BCUT2D eigenvalue weighted by molar-refractivity contribution is 5.81. The molecule has 0 aliphatic heterocycles. The van der Waals surface area contributed by atoms with Gasteiger partial charge in [-0.2, -0.15) is 8.78 Å². The van der Waals surface area contributed by atoms with E-state index in [9.17, 15) is 39.9 Å². The van der Waals surface area contributed by atoms with Crippen molar-refractivity contribution in [2.24, 2.45) is 0 Å². The number of rotatable bonds is 7. The van der Waals surface area contributed by atoms with Gasteiger partial charge in [0.25, 0.3) is 6.43 Å². The minimum Gasteiger partial charge on any atom is -0.395 e. The van der Waals surface area contributed by atoms with Gasteiger partial charge in [-0.05, 0) is 0 Å². The maximum Gasteiger partial charge on any atom is 0.435 e. The molecular weight excluding hydrogens is 292 g/mol. The molecule has 0 radical (unpaired) electrons. The summed E-state index contributed by atoms with van der Waals surface area (Å²) in [6.07, 6.45) is -24.7. The Labute approximate surface area is 102 Å². The predicted molar refractivity (Wildman–Crippen MR) is 46.8 cm³/mol. The van der Waals surface area contributed by atoms with Crippen LogP contribution in [0.25, 0.3) is 0 Å². The monoisotopic (exact) mass is 300 g/mol. The summed E-state index contributed by atoms with van der Waals surface area (Å²) < 4.78 is 103. The number of hydrogen-bond donors (Lipinski definition) is 0. The maximum atomic E-state index is 12.9. The van der Waals surface area contributed by atoms with E-state index in [1.165, 1.54) is 0 Å². The fourth-order valence-corrected chi connectivity index (χ4v) is 0.893. The summed E-state index contributed by atoms with van der Waals surface area (Å²) in [5.74, 6) is -1.86. The van der Waals surface area contributed by atoms with Crippen LogP contribution in [-0.2, 0) is 9.53 Å². The van der Waals surface area contributed by atoms with E-state index in [2.05, 4.69) is 11.3 Å². The molecular formula is C9H8F8O2. The molecule has 0 spiro atoms. The van der Waals surface area contributed by atoms with Gasteiger partial charge in [0.1, 0.15) is 0 Å². The summed E-state index contributed by atoms with van der Waals surface area (Å²) in [5.41, 5.74) is 0. The summed E-state index contributed by atoms with van der Waals surface area (Å²) >= 11 is 0. The van der Waals surface area contributed by atoms with Crippen LogP contribution < -0.4 is 0 Å². The van der Waals surface area contributed by atoms with Gasteiger partial charge in [-0.3, -0.25) is 0 Å². The van der Waals surface area contributed by atoms with Crippen LogP contribution in [0, 0.1) is 0 Å². The second-order valence-corrected chi connectivity index (χ2v) is 3.26. The molecule has 0 aliphatic rings. The van der Waals surface area contributed by atoms with E-state index >= 15 is 0 Å². The Bertz CT molecular complexity index is 321. The van der Waals surface area contributed by atoms with Gasteiger partial charge in [0.15, 0.2) is 18.5 Å². The summed E-state index contributed by atoms with van der Waals surface area (Å²) in [7, 11) is 0. The van der Waals surface area contributed by atoms with Crippen molar-refractivity contribution in [3.05, 3.63) is 12.7 Å². The molecule has 0 N–H and O–H groups in total. The lowest BCUT2D eigenvalue weighted by Gasteiger charge is -2.25. The van der Waals surface area contributed by atoms with Gasteiger partial charge >= 0.3 is 12.1 Å².